The average molecular weight is 338 g/mol. The second-order valence-electron chi connectivity index (χ2n) is 5.39. The van der Waals surface area contributed by atoms with Crippen molar-refractivity contribution in [3.63, 3.8) is 0 Å². The van der Waals surface area contributed by atoms with Gasteiger partial charge in [0.05, 0.1) is 16.3 Å². The van der Waals surface area contributed by atoms with Crippen LogP contribution in [0.4, 0.5) is 0 Å². The van der Waals surface area contributed by atoms with E-state index in [0.29, 0.717) is 5.49 Å². The number of benzene rings is 3. The molecule has 1 unspecified atom stereocenters. The molecule has 0 radical (unpaired) electrons. The first kappa shape index (κ1) is 16.1. The highest BCUT2D eigenvalue weighted by Gasteiger charge is 2.17. The van der Waals surface area contributed by atoms with Gasteiger partial charge in [-0.15, -0.1) is 0 Å². The Morgan fingerprint density at radius 2 is 1.22 bits per heavy atom. The van der Waals surface area contributed by atoms with Crippen LogP contribution in [0, 0.1) is 6.92 Å². The summed E-state index contributed by atoms with van der Waals surface area (Å²) in [5, 5.41) is 2.54. The molecule has 3 heteroatoms. The van der Waals surface area contributed by atoms with Gasteiger partial charge < -0.3 is 0 Å². The predicted molar refractivity (Wildman–Crippen MR) is 102 cm³/mol. The summed E-state index contributed by atoms with van der Waals surface area (Å²) in [6.45, 7) is 2.05. The summed E-state index contributed by atoms with van der Waals surface area (Å²) in [7, 11) is -1.62. The van der Waals surface area contributed by atoms with Crippen LogP contribution in [0.25, 0.3) is 0 Å². The predicted octanol–water partition coefficient (Wildman–Crippen LogP) is 4.19. The SMILES string of the molecule is Cc1ccc(S(=O)CP(c2ccccc2)c2ccccc2)cc1. The zero-order valence-corrected chi connectivity index (χ0v) is 14.8. The molecule has 0 aliphatic carbocycles. The van der Waals surface area contributed by atoms with Crippen molar-refractivity contribution >= 4 is 29.3 Å². The standard InChI is InChI=1S/C20H19OPS/c1-17-12-14-20(15-13-17)23(21)16-22(18-8-4-2-5-9-18)19-10-6-3-7-11-19/h2-15H,16H2,1H3. The van der Waals surface area contributed by atoms with Crippen molar-refractivity contribution in [3.05, 3.63) is 90.5 Å². The molecule has 0 fully saturated rings. The van der Waals surface area contributed by atoms with E-state index in [1.165, 1.54) is 16.2 Å². The van der Waals surface area contributed by atoms with Crippen LogP contribution >= 0.6 is 7.92 Å². The highest BCUT2D eigenvalue weighted by atomic mass is 32.2. The Hall–Kier alpha value is -1.76. The molecule has 0 bridgehead atoms. The van der Waals surface area contributed by atoms with Crippen LogP contribution in [0.2, 0.25) is 0 Å². The van der Waals surface area contributed by atoms with Gasteiger partial charge in [0.1, 0.15) is 0 Å². The molecule has 0 spiro atoms. The van der Waals surface area contributed by atoms with E-state index in [1.807, 2.05) is 43.3 Å². The summed E-state index contributed by atoms with van der Waals surface area (Å²) in [5.74, 6) is 0. The van der Waals surface area contributed by atoms with Crippen molar-refractivity contribution in [2.45, 2.75) is 11.8 Å². The van der Waals surface area contributed by atoms with E-state index in [0.717, 1.165) is 4.90 Å². The van der Waals surface area contributed by atoms with Crippen LogP contribution in [0.15, 0.2) is 89.8 Å². The van der Waals surface area contributed by atoms with Gasteiger partial charge in [-0.2, -0.15) is 0 Å². The molecular formula is C20H19OPS. The summed E-state index contributed by atoms with van der Waals surface area (Å²) in [4.78, 5) is 0.912. The maximum Gasteiger partial charge on any atom is 0.0579 e. The molecule has 23 heavy (non-hydrogen) atoms. The second kappa shape index (κ2) is 7.68. The Balaban J connectivity index is 1.90. The lowest BCUT2D eigenvalue weighted by Crippen LogP contribution is -2.16. The van der Waals surface area contributed by atoms with Gasteiger partial charge in [0.15, 0.2) is 0 Å². The Morgan fingerprint density at radius 1 is 0.739 bits per heavy atom. The average Bonchev–Trinajstić information content (AvgIpc) is 2.61. The Morgan fingerprint density at radius 3 is 1.70 bits per heavy atom. The van der Waals surface area contributed by atoms with Crippen molar-refractivity contribution in [2.24, 2.45) is 0 Å². The molecule has 0 saturated carbocycles. The summed E-state index contributed by atoms with van der Waals surface area (Å²) in [5.41, 5.74) is 1.85. The highest BCUT2D eigenvalue weighted by Crippen LogP contribution is 2.35. The van der Waals surface area contributed by atoms with Crippen molar-refractivity contribution in [1.29, 1.82) is 0 Å². The molecule has 3 aromatic carbocycles. The van der Waals surface area contributed by atoms with Crippen LogP contribution in [0.3, 0.4) is 0 Å². The third-order valence-electron chi connectivity index (χ3n) is 3.67. The minimum atomic E-state index is -0.994. The molecule has 0 aromatic heterocycles. The molecule has 0 saturated heterocycles. The zero-order valence-electron chi connectivity index (χ0n) is 13.1. The van der Waals surface area contributed by atoms with Crippen molar-refractivity contribution in [3.8, 4) is 0 Å². The highest BCUT2D eigenvalue weighted by molar-refractivity contribution is 7.96. The van der Waals surface area contributed by atoms with Crippen LogP contribution in [-0.4, -0.2) is 9.70 Å². The normalized spacial score (nSPS) is 12.3. The summed E-state index contributed by atoms with van der Waals surface area (Å²) in [6.07, 6.45) is 0. The van der Waals surface area contributed by atoms with Gasteiger partial charge in [-0.3, -0.25) is 4.21 Å². The summed E-state index contributed by atoms with van der Waals surface area (Å²) in [6, 6.07) is 28.9. The third kappa shape index (κ3) is 4.16. The van der Waals surface area contributed by atoms with Crippen molar-refractivity contribution < 1.29 is 4.21 Å². The lowest BCUT2D eigenvalue weighted by molar-refractivity contribution is 0.686. The Bertz CT molecular complexity index is 730. The maximum atomic E-state index is 12.8. The molecule has 116 valence electrons. The fourth-order valence-corrected chi connectivity index (χ4v) is 6.92. The van der Waals surface area contributed by atoms with Gasteiger partial charge in [0.2, 0.25) is 0 Å². The smallest absolute Gasteiger partial charge is 0.0579 e. The topological polar surface area (TPSA) is 17.1 Å². The molecule has 0 aliphatic heterocycles. The van der Waals surface area contributed by atoms with Gasteiger partial charge in [0, 0.05) is 4.90 Å². The van der Waals surface area contributed by atoms with Crippen molar-refractivity contribution in [1.82, 2.24) is 0 Å². The fraction of sp³-hybridized carbons (Fsp3) is 0.100. The van der Waals surface area contributed by atoms with Crippen LogP contribution in [0.1, 0.15) is 5.56 Å². The van der Waals surface area contributed by atoms with E-state index in [-0.39, 0.29) is 0 Å². The summed E-state index contributed by atoms with van der Waals surface area (Å²) < 4.78 is 12.8. The number of hydrogen-bond acceptors (Lipinski definition) is 1. The molecule has 3 aromatic rings. The zero-order chi connectivity index (χ0) is 16.1. The van der Waals surface area contributed by atoms with Crippen LogP contribution in [0.5, 0.6) is 0 Å². The fourth-order valence-electron chi connectivity index (χ4n) is 2.40. The molecule has 1 atom stereocenters. The van der Waals surface area contributed by atoms with E-state index < -0.39 is 18.7 Å². The van der Waals surface area contributed by atoms with Crippen molar-refractivity contribution in [2.75, 3.05) is 5.49 Å². The Kier molecular flexibility index (Phi) is 5.38. The molecule has 0 aliphatic rings. The van der Waals surface area contributed by atoms with Crippen LogP contribution < -0.4 is 10.6 Å². The van der Waals surface area contributed by atoms with Gasteiger partial charge in [0.25, 0.3) is 0 Å². The monoisotopic (exact) mass is 338 g/mol. The first-order chi connectivity index (χ1) is 11.2. The third-order valence-corrected chi connectivity index (χ3v) is 8.28. The van der Waals surface area contributed by atoms with E-state index in [2.05, 4.69) is 48.5 Å². The number of hydrogen-bond donors (Lipinski definition) is 0. The van der Waals surface area contributed by atoms with Gasteiger partial charge >= 0.3 is 0 Å². The molecular weight excluding hydrogens is 319 g/mol. The van der Waals surface area contributed by atoms with Gasteiger partial charge in [-0.25, -0.2) is 0 Å². The second-order valence-corrected chi connectivity index (χ2v) is 9.47. The lowest BCUT2D eigenvalue weighted by atomic mass is 10.2. The molecule has 0 N–H and O–H groups in total. The lowest BCUT2D eigenvalue weighted by Gasteiger charge is -2.18. The molecule has 3 rings (SSSR count). The number of rotatable bonds is 5. The van der Waals surface area contributed by atoms with E-state index >= 15 is 0 Å². The number of aryl methyl sites for hydroxylation is 1. The first-order valence-electron chi connectivity index (χ1n) is 7.57. The molecule has 0 amide bonds. The summed E-state index contributed by atoms with van der Waals surface area (Å²) >= 11 is 0. The van der Waals surface area contributed by atoms with E-state index in [9.17, 15) is 4.21 Å². The first-order valence-corrected chi connectivity index (χ1v) is 10.4. The largest absolute Gasteiger partial charge is 0.254 e. The van der Waals surface area contributed by atoms with Gasteiger partial charge in [-0.05, 0) is 37.6 Å². The maximum absolute atomic E-state index is 12.8. The van der Waals surface area contributed by atoms with E-state index in [4.69, 9.17) is 0 Å². The Labute approximate surface area is 141 Å². The van der Waals surface area contributed by atoms with Gasteiger partial charge in [-0.1, -0.05) is 78.4 Å². The minimum Gasteiger partial charge on any atom is -0.254 e. The minimum absolute atomic E-state index is 0.622. The quantitative estimate of drug-likeness (QED) is 0.638. The molecule has 1 nitrogen and oxygen atoms in total. The van der Waals surface area contributed by atoms with E-state index in [1.54, 1.807) is 0 Å². The molecule has 0 heterocycles. The van der Waals surface area contributed by atoms with Crippen LogP contribution in [-0.2, 0) is 10.8 Å².